The van der Waals surface area contributed by atoms with Crippen LogP contribution >= 0.6 is 0 Å². The number of carbonyl (C=O) groups is 1. The Morgan fingerprint density at radius 2 is 1.97 bits per heavy atom. The summed E-state index contributed by atoms with van der Waals surface area (Å²) in [6.45, 7) is 11.6. The molecule has 2 heterocycles. The van der Waals surface area contributed by atoms with E-state index in [0.717, 1.165) is 11.6 Å². The van der Waals surface area contributed by atoms with Gasteiger partial charge in [0.15, 0.2) is 6.29 Å². The topological polar surface area (TPSA) is 109 Å². The van der Waals surface area contributed by atoms with Crippen molar-refractivity contribution < 1.29 is 28.7 Å². The molecule has 0 atom stereocenters. The molecule has 31 heavy (non-hydrogen) atoms. The van der Waals surface area contributed by atoms with Gasteiger partial charge in [-0.1, -0.05) is 19.6 Å². The molecule has 0 spiro atoms. The summed E-state index contributed by atoms with van der Waals surface area (Å²) in [7, 11) is -1.26. The van der Waals surface area contributed by atoms with Crippen LogP contribution in [0.3, 0.4) is 0 Å². The van der Waals surface area contributed by atoms with Crippen LogP contribution in [0, 0.1) is 10.1 Å². The zero-order valence-electron chi connectivity index (χ0n) is 18.9. The van der Waals surface area contributed by atoms with Crippen LogP contribution in [-0.2, 0) is 20.6 Å². The summed E-state index contributed by atoms with van der Waals surface area (Å²) in [5.41, 5.74) is 1.06. The van der Waals surface area contributed by atoms with Gasteiger partial charge in [-0.25, -0.2) is 4.79 Å². The first-order chi connectivity index (χ1) is 14.4. The number of rotatable bonds is 7. The Balaban J connectivity index is 1.53. The third-order valence-electron chi connectivity index (χ3n) is 5.31. The number of nitro benzene ring substituents is 1. The molecule has 1 fully saturated rings. The minimum absolute atomic E-state index is 0.0554. The number of benzene rings is 1. The van der Waals surface area contributed by atoms with Gasteiger partial charge in [-0.15, -0.1) is 0 Å². The Hall–Kier alpha value is -2.17. The molecule has 10 heteroatoms. The molecule has 0 bridgehead atoms. The maximum atomic E-state index is 11.8. The van der Waals surface area contributed by atoms with Crippen molar-refractivity contribution in [1.29, 1.82) is 0 Å². The molecule has 2 aliphatic heterocycles. The Morgan fingerprint density at radius 3 is 2.58 bits per heavy atom. The number of hydrogen-bond acceptors (Lipinski definition) is 7. The molecule has 1 N–H and O–H groups in total. The molecule has 0 unspecified atom stereocenters. The first-order valence-corrected chi connectivity index (χ1v) is 14.3. The molecular weight excluding hydrogens is 420 g/mol. The van der Waals surface area contributed by atoms with Crippen LogP contribution in [0.5, 0.6) is 5.75 Å². The van der Waals surface area contributed by atoms with Crippen LogP contribution in [0.1, 0.15) is 30.9 Å². The van der Waals surface area contributed by atoms with Gasteiger partial charge in [-0.3, -0.25) is 10.1 Å². The first-order valence-electron chi connectivity index (χ1n) is 10.6. The smallest absolute Gasteiger partial charge is 0.407 e. The highest BCUT2D eigenvalue weighted by atomic mass is 28.3. The largest absolute Gasteiger partial charge is 0.487 e. The van der Waals surface area contributed by atoms with Crippen molar-refractivity contribution >= 4 is 19.9 Å². The second-order valence-corrected chi connectivity index (χ2v) is 15.6. The number of carbonyl (C=O) groups excluding carboxylic acids is 1. The van der Waals surface area contributed by atoms with Crippen LogP contribution in [0.15, 0.2) is 12.1 Å². The van der Waals surface area contributed by atoms with Crippen molar-refractivity contribution in [2.24, 2.45) is 0 Å². The first kappa shape index (κ1) is 23.5. The monoisotopic (exact) mass is 452 g/mol. The van der Waals surface area contributed by atoms with Gasteiger partial charge >= 0.3 is 6.09 Å². The second kappa shape index (κ2) is 9.13. The number of ether oxygens (including phenoxy) is 4. The molecule has 0 aliphatic carbocycles. The third-order valence-corrected chi connectivity index (χ3v) is 7.02. The molecule has 0 aromatic heterocycles. The van der Waals surface area contributed by atoms with Crippen molar-refractivity contribution in [3.05, 3.63) is 33.4 Å². The normalized spacial score (nSPS) is 22.4. The summed E-state index contributed by atoms with van der Waals surface area (Å²) >= 11 is 0. The second-order valence-electron chi connectivity index (χ2n) is 9.94. The highest BCUT2D eigenvalue weighted by molar-refractivity contribution is 6.76. The van der Waals surface area contributed by atoms with Crippen LogP contribution in [0.2, 0.25) is 25.7 Å². The zero-order chi connectivity index (χ0) is 22.8. The molecule has 1 aromatic carbocycles. The highest BCUT2D eigenvalue weighted by Crippen LogP contribution is 2.41. The average Bonchev–Trinajstić information content (AvgIpc) is 2.97. The molecule has 3 rings (SSSR count). The van der Waals surface area contributed by atoms with Gasteiger partial charge in [0.2, 0.25) is 0 Å². The predicted octanol–water partition coefficient (Wildman–Crippen LogP) is 3.83. The minimum atomic E-state index is -1.26. The van der Waals surface area contributed by atoms with Crippen LogP contribution in [0.25, 0.3) is 0 Å². The Bertz CT molecular complexity index is 830. The van der Waals surface area contributed by atoms with E-state index in [4.69, 9.17) is 18.9 Å². The van der Waals surface area contributed by atoms with Crippen molar-refractivity contribution in [3.63, 3.8) is 0 Å². The van der Waals surface area contributed by atoms with E-state index >= 15 is 0 Å². The van der Waals surface area contributed by atoms with E-state index < -0.39 is 20.5 Å². The summed E-state index contributed by atoms with van der Waals surface area (Å²) in [6.07, 6.45) is -0.492. The van der Waals surface area contributed by atoms with Crippen LogP contribution < -0.4 is 10.1 Å². The van der Waals surface area contributed by atoms with E-state index in [1.807, 2.05) is 13.8 Å². The number of alkyl carbamates (subject to hydrolysis) is 1. The fourth-order valence-electron chi connectivity index (χ4n) is 3.65. The van der Waals surface area contributed by atoms with Gasteiger partial charge < -0.3 is 24.3 Å². The van der Waals surface area contributed by atoms with E-state index in [2.05, 4.69) is 25.0 Å². The molecule has 0 radical (unpaired) electrons. The Kier molecular flexibility index (Phi) is 6.92. The summed E-state index contributed by atoms with van der Waals surface area (Å²) in [4.78, 5) is 23.1. The maximum absolute atomic E-state index is 11.8. The predicted molar refractivity (Wildman–Crippen MR) is 117 cm³/mol. The molecule has 0 saturated carbocycles. The number of fused-ring (bicyclic) bond motifs is 1. The lowest BCUT2D eigenvalue weighted by Gasteiger charge is -2.29. The molecule has 9 nitrogen and oxygen atoms in total. The Morgan fingerprint density at radius 1 is 1.29 bits per heavy atom. The lowest BCUT2D eigenvalue weighted by Crippen LogP contribution is -2.40. The molecule has 1 saturated heterocycles. The zero-order valence-corrected chi connectivity index (χ0v) is 19.9. The van der Waals surface area contributed by atoms with E-state index in [0.29, 0.717) is 24.3 Å². The van der Waals surface area contributed by atoms with Gasteiger partial charge in [-0.05, 0) is 26.0 Å². The quantitative estimate of drug-likeness (QED) is 0.380. The summed E-state index contributed by atoms with van der Waals surface area (Å²) < 4.78 is 22.5. The minimum Gasteiger partial charge on any atom is -0.487 e. The molecule has 1 amide bonds. The number of nitro groups is 1. The summed E-state index contributed by atoms with van der Waals surface area (Å²) in [6, 6.07) is 4.25. The maximum Gasteiger partial charge on any atom is 0.407 e. The van der Waals surface area contributed by atoms with Gasteiger partial charge in [0.1, 0.15) is 11.4 Å². The van der Waals surface area contributed by atoms with Crippen LogP contribution in [0.4, 0.5) is 10.5 Å². The van der Waals surface area contributed by atoms with E-state index in [9.17, 15) is 14.9 Å². The van der Waals surface area contributed by atoms with E-state index in [-0.39, 0.29) is 41.9 Å². The van der Waals surface area contributed by atoms with Gasteiger partial charge in [-0.2, -0.15) is 0 Å². The van der Waals surface area contributed by atoms with Crippen LogP contribution in [-0.4, -0.2) is 57.3 Å². The van der Waals surface area contributed by atoms with Gasteiger partial charge in [0.25, 0.3) is 5.69 Å². The lowest BCUT2D eigenvalue weighted by atomic mass is 9.94. The van der Waals surface area contributed by atoms with Crippen molar-refractivity contribution in [1.82, 2.24) is 5.32 Å². The number of nitrogens with zero attached hydrogens (tertiary/aromatic N) is 1. The molecule has 1 aromatic rings. The number of hydrogen-bond donors (Lipinski definition) is 1. The fourth-order valence-corrected chi connectivity index (χ4v) is 4.36. The van der Waals surface area contributed by atoms with Crippen molar-refractivity contribution in [3.8, 4) is 5.75 Å². The van der Waals surface area contributed by atoms with Crippen molar-refractivity contribution in [2.75, 3.05) is 26.4 Å². The Labute approximate surface area is 183 Å². The van der Waals surface area contributed by atoms with Gasteiger partial charge in [0.05, 0.1) is 31.3 Å². The van der Waals surface area contributed by atoms with Crippen molar-refractivity contribution in [2.45, 2.75) is 63.8 Å². The standard InChI is InChI=1S/C21H32N2O7Si/c1-21(2)10-14-8-17(23(25)26)16(9-18(14)30-21)15-12-28-19(29-13-15)11-22-20(24)27-6-7-31(3,4)5/h8-9,15,19H,6-7,10-13H2,1-5H3,(H,22,24)/t15-,19-. The third kappa shape index (κ3) is 6.41. The molecule has 2 aliphatic rings. The number of amides is 1. The number of nitrogens with one attached hydrogen (secondary N) is 1. The summed E-state index contributed by atoms with van der Waals surface area (Å²) in [5.74, 6) is 0.383. The SMILES string of the molecule is CC1(C)Cc2cc([N+](=O)[O-])c([C@H]3CO[C@H](CNC(=O)OCC[Si](C)(C)C)OC3)cc2O1. The fraction of sp³-hybridized carbons (Fsp3) is 0.667. The average molecular weight is 453 g/mol. The summed E-state index contributed by atoms with van der Waals surface area (Å²) in [5, 5.41) is 14.3. The molecule has 172 valence electrons. The molecular formula is C21H32N2O7Si. The highest BCUT2D eigenvalue weighted by Gasteiger charge is 2.36. The lowest BCUT2D eigenvalue weighted by molar-refractivity contribution is -0.386. The van der Waals surface area contributed by atoms with E-state index in [1.165, 1.54) is 0 Å². The van der Waals surface area contributed by atoms with Gasteiger partial charge in [0, 0.05) is 37.6 Å². The van der Waals surface area contributed by atoms with E-state index in [1.54, 1.807) is 12.1 Å².